The first-order valence-corrected chi connectivity index (χ1v) is 10.0. The molecule has 2 aliphatic rings. The van der Waals surface area contributed by atoms with Crippen LogP contribution in [0.2, 0.25) is 0 Å². The summed E-state index contributed by atoms with van der Waals surface area (Å²) in [5.41, 5.74) is 1.30. The number of likely N-dealkylation sites (tertiary alicyclic amines) is 2. The third kappa shape index (κ3) is 4.86. The van der Waals surface area contributed by atoms with Gasteiger partial charge in [0.1, 0.15) is 0 Å². The zero-order valence-corrected chi connectivity index (χ0v) is 16.8. The van der Waals surface area contributed by atoms with Crippen LogP contribution in [0.25, 0.3) is 0 Å². The predicted molar refractivity (Wildman–Crippen MR) is 105 cm³/mol. The van der Waals surface area contributed by atoms with E-state index < -0.39 is 0 Å². The van der Waals surface area contributed by atoms with Crippen LogP contribution in [0.3, 0.4) is 0 Å². The van der Waals surface area contributed by atoms with Gasteiger partial charge in [0, 0.05) is 25.7 Å². The zero-order valence-electron chi connectivity index (χ0n) is 16.8. The van der Waals surface area contributed by atoms with E-state index in [2.05, 4.69) is 17.0 Å². The van der Waals surface area contributed by atoms with E-state index in [9.17, 15) is 4.79 Å². The Kier molecular flexibility index (Phi) is 6.83. The maximum Gasteiger partial charge on any atom is 0.409 e. The first kappa shape index (κ1) is 19.8. The van der Waals surface area contributed by atoms with Crippen LogP contribution in [0.1, 0.15) is 31.7 Å². The summed E-state index contributed by atoms with van der Waals surface area (Å²) in [6.45, 7) is 6.21. The standard InChI is InChI=1S/C21H32N2O4/c1-4-27-21(24)22-11-8-18(9-12-22)23-10-7-17(15-23)13-16-5-6-19(25-2)20(14-16)26-3/h5-6,14,17-18H,4,7-13,15H2,1-3H3. The van der Waals surface area contributed by atoms with E-state index in [4.69, 9.17) is 14.2 Å². The maximum atomic E-state index is 11.9. The third-order valence-corrected chi connectivity index (χ3v) is 5.80. The van der Waals surface area contributed by atoms with Gasteiger partial charge < -0.3 is 19.1 Å². The van der Waals surface area contributed by atoms with Crippen molar-refractivity contribution in [1.29, 1.82) is 0 Å². The highest BCUT2D eigenvalue weighted by atomic mass is 16.6. The molecule has 0 aromatic heterocycles. The number of rotatable bonds is 6. The molecule has 2 fully saturated rings. The number of methoxy groups -OCH3 is 2. The van der Waals surface area contributed by atoms with E-state index in [1.165, 1.54) is 12.0 Å². The highest BCUT2D eigenvalue weighted by Crippen LogP contribution is 2.31. The first-order valence-electron chi connectivity index (χ1n) is 10.0. The van der Waals surface area contributed by atoms with Gasteiger partial charge in [-0.05, 0) is 62.8 Å². The topological polar surface area (TPSA) is 51.2 Å². The molecule has 6 heteroatoms. The number of carbonyl (C=O) groups excluding carboxylic acids is 1. The van der Waals surface area contributed by atoms with Crippen molar-refractivity contribution in [3.8, 4) is 11.5 Å². The first-order chi connectivity index (χ1) is 13.1. The molecule has 2 aliphatic heterocycles. The Morgan fingerprint density at radius 3 is 2.48 bits per heavy atom. The van der Waals surface area contributed by atoms with Crippen molar-refractivity contribution < 1.29 is 19.0 Å². The van der Waals surface area contributed by atoms with E-state index in [-0.39, 0.29) is 6.09 Å². The number of piperidine rings is 1. The van der Waals surface area contributed by atoms with Crippen molar-refractivity contribution in [2.75, 3.05) is 47.0 Å². The van der Waals surface area contributed by atoms with Crippen LogP contribution >= 0.6 is 0 Å². The number of nitrogens with zero attached hydrogens (tertiary/aromatic N) is 2. The van der Waals surface area contributed by atoms with Gasteiger partial charge in [0.25, 0.3) is 0 Å². The number of ether oxygens (including phenoxy) is 3. The van der Waals surface area contributed by atoms with Crippen molar-refractivity contribution >= 4 is 6.09 Å². The molecule has 1 atom stereocenters. The molecule has 0 N–H and O–H groups in total. The number of carbonyl (C=O) groups is 1. The minimum Gasteiger partial charge on any atom is -0.493 e. The molecule has 3 rings (SSSR count). The van der Waals surface area contributed by atoms with Gasteiger partial charge in [0.15, 0.2) is 11.5 Å². The number of hydrogen-bond acceptors (Lipinski definition) is 5. The Morgan fingerprint density at radius 1 is 1.07 bits per heavy atom. The summed E-state index contributed by atoms with van der Waals surface area (Å²) < 4.78 is 15.9. The van der Waals surface area contributed by atoms with Crippen LogP contribution in [-0.2, 0) is 11.2 Å². The average Bonchev–Trinajstić information content (AvgIpc) is 3.16. The lowest BCUT2D eigenvalue weighted by Gasteiger charge is -2.36. The van der Waals surface area contributed by atoms with Crippen LogP contribution in [-0.4, -0.2) is 68.9 Å². The molecule has 150 valence electrons. The minimum atomic E-state index is -0.163. The van der Waals surface area contributed by atoms with Gasteiger partial charge in [-0.25, -0.2) is 4.79 Å². The highest BCUT2D eigenvalue weighted by molar-refractivity contribution is 5.67. The number of hydrogen-bond donors (Lipinski definition) is 0. The minimum absolute atomic E-state index is 0.163. The van der Waals surface area contributed by atoms with Gasteiger partial charge in [-0.3, -0.25) is 4.90 Å². The average molecular weight is 376 g/mol. The Hall–Kier alpha value is -1.95. The van der Waals surface area contributed by atoms with Gasteiger partial charge in [0.05, 0.1) is 20.8 Å². The van der Waals surface area contributed by atoms with Gasteiger partial charge in [-0.2, -0.15) is 0 Å². The summed E-state index contributed by atoms with van der Waals surface area (Å²) in [7, 11) is 3.35. The molecule has 1 aromatic rings. The summed E-state index contributed by atoms with van der Waals surface area (Å²) in [6, 6.07) is 6.82. The summed E-state index contributed by atoms with van der Waals surface area (Å²) in [4.78, 5) is 16.3. The summed E-state index contributed by atoms with van der Waals surface area (Å²) in [6.07, 6.45) is 4.22. The molecule has 27 heavy (non-hydrogen) atoms. The van der Waals surface area contributed by atoms with Crippen molar-refractivity contribution in [3.05, 3.63) is 23.8 Å². The fourth-order valence-corrected chi connectivity index (χ4v) is 4.33. The van der Waals surface area contributed by atoms with Gasteiger partial charge >= 0.3 is 6.09 Å². The van der Waals surface area contributed by atoms with Crippen molar-refractivity contribution in [1.82, 2.24) is 9.80 Å². The van der Waals surface area contributed by atoms with Crippen molar-refractivity contribution in [2.45, 2.75) is 38.6 Å². The second kappa shape index (κ2) is 9.31. The molecular formula is C21H32N2O4. The molecule has 0 spiro atoms. The molecule has 0 aliphatic carbocycles. The van der Waals surface area contributed by atoms with Crippen molar-refractivity contribution in [2.24, 2.45) is 5.92 Å². The van der Waals surface area contributed by atoms with E-state index in [0.29, 0.717) is 18.6 Å². The Labute approximate surface area is 162 Å². The quantitative estimate of drug-likeness (QED) is 0.763. The highest BCUT2D eigenvalue weighted by Gasteiger charge is 2.32. The van der Waals surface area contributed by atoms with E-state index >= 15 is 0 Å². The van der Waals surface area contributed by atoms with Crippen LogP contribution < -0.4 is 9.47 Å². The molecule has 0 radical (unpaired) electrons. The fourth-order valence-electron chi connectivity index (χ4n) is 4.33. The van der Waals surface area contributed by atoms with Gasteiger partial charge in [-0.15, -0.1) is 0 Å². The molecule has 0 bridgehead atoms. The lowest BCUT2D eigenvalue weighted by Crippen LogP contribution is -2.46. The Morgan fingerprint density at radius 2 is 1.81 bits per heavy atom. The number of benzene rings is 1. The lowest BCUT2D eigenvalue weighted by molar-refractivity contribution is 0.0797. The van der Waals surface area contributed by atoms with E-state index in [0.717, 1.165) is 56.9 Å². The van der Waals surface area contributed by atoms with Crippen LogP contribution in [0.5, 0.6) is 11.5 Å². The smallest absolute Gasteiger partial charge is 0.409 e. The van der Waals surface area contributed by atoms with Crippen molar-refractivity contribution in [3.63, 3.8) is 0 Å². The SMILES string of the molecule is CCOC(=O)N1CCC(N2CCC(Cc3ccc(OC)c(OC)c3)C2)CC1. The van der Waals surface area contributed by atoms with Crippen LogP contribution in [0.4, 0.5) is 4.79 Å². The lowest BCUT2D eigenvalue weighted by atomic mass is 9.98. The summed E-state index contributed by atoms with van der Waals surface area (Å²) >= 11 is 0. The third-order valence-electron chi connectivity index (χ3n) is 5.80. The molecule has 1 amide bonds. The summed E-state index contributed by atoms with van der Waals surface area (Å²) in [5, 5.41) is 0. The van der Waals surface area contributed by atoms with Gasteiger partial charge in [-0.1, -0.05) is 6.07 Å². The Balaban J connectivity index is 1.49. The maximum absolute atomic E-state index is 11.9. The largest absolute Gasteiger partial charge is 0.493 e. The molecule has 0 saturated carbocycles. The molecule has 1 aromatic carbocycles. The molecule has 2 heterocycles. The molecule has 2 saturated heterocycles. The van der Waals surface area contributed by atoms with E-state index in [1.807, 2.05) is 17.9 Å². The van der Waals surface area contributed by atoms with Crippen LogP contribution in [0.15, 0.2) is 18.2 Å². The molecule has 6 nitrogen and oxygen atoms in total. The number of amides is 1. The second-order valence-corrected chi connectivity index (χ2v) is 7.46. The fraction of sp³-hybridized carbons (Fsp3) is 0.667. The zero-order chi connectivity index (χ0) is 19.2. The van der Waals surface area contributed by atoms with Gasteiger partial charge in [0.2, 0.25) is 0 Å². The molecular weight excluding hydrogens is 344 g/mol. The Bertz CT molecular complexity index is 629. The molecule has 1 unspecified atom stereocenters. The normalized spacial score (nSPS) is 21.3. The monoisotopic (exact) mass is 376 g/mol. The summed E-state index contributed by atoms with van der Waals surface area (Å²) in [5.74, 6) is 2.25. The second-order valence-electron chi connectivity index (χ2n) is 7.46. The van der Waals surface area contributed by atoms with E-state index in [1.54, 1.807) is 14.2 Å². The van der Waals surface area contributed by atoms with Crippen LogP contribution in [0, 0.1) is 5.92 Å². The predicted octanol–water partition coefficient (Wildman–Crippen LogP) is 3.19.